The van der Waals surface area contributed by atoms with Gasteiger partial charge in [0, 0.05) is 0 Å². The van der Waals surface area contributed by atoms with Gasteiger partial charge < -0.3 is 4.43 Å². The molecule has 0 amide bonds. The molecule has 124 valence electrons. The maximum atomic E-state index is 12.1. The minimum Gasteiger partial charge on any atom is -0.413 e. The molecular formula is C17H22O4SSi. The molecule has 0 aliphatic heterocycles. The highest BCUT2D eigenvalue weighted by molar-refractivity contribution is 7.86. The van der Waals surface area contributed by atoms with Gasteiger partial charge in [0.05, 0.1) is 18.1 Å². The lowest BCUT2D eigenvalue weighted by atomic mass is 10.1. The van der Waals surface area contributed by atoms with Gasteiger partial charge in [0.15, 0.2) is 8.32 Å². The van der Waals surface area contributed by atoms with Crippen LogP contribution in [0.4, 0.5) is 0 Å². The second kappa shape index (κ2) is 7.40. The highest BCUT2D eigenvalue weighted by atomic mass is 32.2. The molecule has 0 fully saturated rings. The Kier molecular flexibility index (Phi) is 5.75. The van der Waals surface area contributed by atoms with Gasteiger partial charge in [-0.15, -0.1) is 0 Å². The summed E-state index contributed by atoms with van der Waals surface area (Å²) in [5.74, 6) is 0. The molecule has 2 aromatic carbocycles. The van der Waals surface area contributed by atoms with E-state index in [9.17, 15) is 8.42 Å². The molecule has 0 aliphatic carbocycles. The number of hydrogen-bond acceptors (Lipinski definition) is 4. The van der Waals surface area contributed by atoms with Crippen molar-refractivity contribution in [1.82, 2.24) is 0 Å². The molecule has 0 heterocycles. The zero-order chi connectivity index (χ0) is 16.9. The fourth-order valence-corrected chi connectivity index (χ4v) is 3.43. The maximum absolute atomic E-state index is 12.1. The Morgan fingerprint density at radius 1 is 0.870 bits per heavy atom. The summed E-state index contributed by atoms with van der Waals surface area (Å²) in [5.41, 5.74) is 1.83. The summed E-state index contributed by atoms with van der Waals surface area (Å²) in [6.07, 6.45) is 0. The Morgan fingerprint density at radius 2 is 1.48 bits per heavy atom. The lowest BCUT2D eigenvalue weighted by molar-refractivity contribution is 0.296. The Labute approximate surface area is 139 Å². The van der Waals surface area contributed by atoms with Crippen molar-refractivity contribution >= 4 is 18.4 Å². The van der Waals surface area contributed by atoms with Gasteiger partial charge in [-0.25, -0.2) is 0 Å². The van der Waals surface area contributed by atoms with E-state index in [0.717, 1.165) is 11.1 Å². The van der Waals surface area contributed by atoms with Crippen molar-refractivity contribution in [3.8, 4) is 0 Å². The third kappa shape index (κ3) is 5.91. The Bertz CT molecular complexity index is 737. The van der Waals surface area contributed by atoms with Gasteiger partial charge in [-0.1, -0.05) is 42.5 Å². The van der Waals surface area contributed by atoms with E-state index in [1.165, 1.54) is 12.1 Å². The fraction of sp³-hybridized carbons (Fsp3) is 0.294. The first-order valence-electron chi connectivity index (χ1n) is 7.42. The highest BCUT2D eigenvalue weighted by Crippen LogP contribution is 2.16. The normalized spacial score (nSPS) is 12.3. The smallest absolute Gasteiger partial charge is 0.297 e. The minimum absolute atomic E-state index is 0.0119. The fourth-order valence-electron chi connectivity index (χ4n) is 1.91. The summed E-state index contributed by atoms with van der Waals surface area (Å²) in [5, 5.41) is 0. The Hall–Kier alpha value is -1.47. The summed E-state index contributed by atoms with van der Waals surface area (Å²) in [6.45, 7) is 6.94. The molecule has 0 N–H and O–H groups in total. The molecule has 0 unspecified atom stereocenters. The molecule has 0 saturated carbocycles. The Balaban J connectivity index is 2.01. The van der Waals surface area contributed by atoms with Gasteiger partial charge in [0.25, 0.3) is 10.1 Å². The van der Waals surface area contributed by atoms with E-state index >= 15 is 0 Å². The zero-order valence-corrected chi connectivity index (χ0v) is 15.5. The van der Waals surface area contributed by atoms with E-state index in [1.807, 2.05) is 24.3 Å². The third-order valence-corrected chi connectivity index (χ3v) is 5.36. The van der Waals surface area contributed by atoms with Crippen LogP contribution >= 0.6 is 0 Å². The Morgan fingerprint density at radius 3 is 2.09 bits per heavy atom. The van der Waals surface area contributed by atoms with Gasteiger partial charge in [0.1, 0.15) is 0 Å². The predicted molar refractivity (Wildman–Crippen MR) is 93.0 cm³/mol. The molecule has 0 spiro atoms. The number of hydrogen-bond donors (Lipinski definition) is 0. The third-order valence-electron chi connectivity index (χ3n) is 3.08. The second-order valence-corrected chi connectivity index (χ2v) is 12.4. The van der Waals surface area contributed by atoms with E-state index < -0.39 is 18.4 Å². The molecule has 2 aromatic rings. The summed E-state index contributed by atoms with van der Waals surface area (Å²) >= 11 is 0. The van der Waals surface area contributed by atoms with Crippen LogP contribution in [0.5, 0.6) is 0 Å². The van der Waals surface area contributed by atoms with Crippen LogP contribution in [0.25, 0.3) is 0 Å². The van der Waals surface area contributed by atoms with Crippen LogP contribution in [-0.4, -0.2) is 16.7 Å². The number of benzene rings is 2. The maximum Gasteiger partial charge on any atom is 0.297 e. The van der Waals surface area contributed by atoms with Crippen LogP contribution in [-0.2, 0) is 31.9 Å². The second-order valence-electron chi connectivity index (χ2n) is 6.25. The molecule has 23 heavy (non-hydrogen) atoms. The molecule has 6 heteroatoms. The molecule has 0 saturated heterocycles. The quantitative estimate of drug-likeness (QED) is 0.560. The van der Waals surface area contributed by atoms with Crippen LogP contribution in [0.3, 0.4) is 0 Å². The van der Waals surface area contributed by atoms with Crippen molar-refractivity contribution in [2.75, 3.05) is 0 Å². The first kappa shape index (κ1) is 17.9. The first-order valence-corrected chi connectivity index (χ1v) is 12.2. The van der Waals surface area contributed by atoms with E-state index in [4.69, 9.17) is 8.61 Å². The molecule has 0 radical (unpaired) electrons. The van der Waals surface area contributed by atoms with Crippen LogP contribution in [0.2, 0.25) is 19.6 Å². The standard InChI is InChI=1S/C17H22O4SSi/c1-23(2,3)21-14-16-9-7-8-15(12-16)13-20-22(18,19)17-10-5-4-6-11-17/h4-12H,13-14H2,1-3H3. The average molecular weight is 351 g/mol. The van der Waals surface area contributed by atoms with Crippen molar-refractivity contribution in [1.29, 1.82) is 0 Å². The SMILES string of the molecule is C[Si](C)(C)OCc1cccc(COS(=O)(=O)c2ccccc2)c1. The van der Waals surface area contributed by atoms with Gasteiger partial charge in [-0.2, -0.15) is 8.42 Å². The topological polar surface area (TPSA) is 52.6 Å². The van der Waals surface area contributed by atoms with Crippen molar-refractivity contribution in [2.45, 2.75) is 37.8 Å². The molecule has 0 atom stereocenters. The summed E-state index contributed by atoms with van der Waals surface area (Å²) in [6, 6.07) is 15.8. The van der Waals surface area contributed by atoms with Gasteiger partial charge >= 0.3 is 0 Å². The van der Waals surface area contributed by atoms with Gasteiger partial charge in [-0.3, -0.25) is 4.18 Å². The van der Waals surface area contributed by atoms with E-state index in [2.05, 4.69) is 19.6 Å². The molecular weight excluding hydrogens is 328 g/mol. The lowest BCUT2D eigenvalue weighted by Gasteiger charge is -2.17. The van der Waals surface area contributed by atoms with E-state index in [1.54, 1.807) is 18.2 Å². The van der Waals surface area contributed by atoms with Crippen molar-refractivity contribution in [3.05, 3.63) is 65.7 Å². The highest BCUT2D eigenvalue weighted by Gasteiger charge is 2.16. The first-order chi connectivity index (χ1) is 10.8. The van der Waals surface area contributed by atoms with Crippen molar-refractivity contribution in [2.24, 2.45) is 0 Å². The molecule has 0 aromatic heterocycles. The van der Waals surface area contributed by atoms with E-state index in [0.29, 0.717) is 6.61 Å². The monoisotopic (exact) mass is 350 g/mol. The van der Waals surface area contributed by atoms with Crippen LogP contribution in [0.15, 0.2) is 59.5 Å². The lowest BCUT2D eigenvalue weighted by Crippen LogP contribution is -2.24. The zero-order valence-electron chi connectivity index (χ0n) is 13.7. The van der Waals surface area contributed by atoms with Crippen LogP contribution in [0.1, 0.15) is 11.1 Å². The van der Waals surface area contributed by atoms with Gasteiger partial charge in [-0.05, 0) is 42.9 Å². The largest absolute Gasteiger partial charge is 0.413 e. The summed E-state index contributed by atoms with van der Waals surface area (Å²) in [4.78, 5) is 0.165. The van der Waals surface area contributed by atoms with Crippen LogP contribution < -0.4 is 0 Å². The molecule has 0 bridgehead atoms. The van der Waals surface area contributed by atoms with Crippen LogP contribution in [0, 0.1) is 0 Å². The van der Waals surface area contributed by atoms with E-state index in [-0.39, 0.29) is 11.5 Å². The molecule has 2 rings (SSSR count). The number of rotatable bonds is 7. The minimum atomic E-state index is -3.73. The van der Waals surface area contributed by atoms with Crippen molar-refractivity contribution in [3.63, 3.8) is 0 Å². The van der Waals surface area contributed by atoms with Gasteiger partial charge in [0.2, 0.25) is 0 Å². The predicted octanol–water partition coefficient (Wildman–Crippen LogP) is 3.94. The van der Waals surface area contributed by atoms with Crippen molar-refractivity contribution < 1.29 is 17.0 Å². The summed E-state index contributed by atoms with van der Waals surface area (Å²) in [7, 11) is -5.31. The average Bonchev–Trinajstić information content (AvgIpc) is 2.52. The molecule has 4 nitrogen and oxygen atoms in total. The summed E-state index contributed by atoms with van der Waals surface area (Å²) < 4.78 is 35.2. The molecule has 0 aliphatic rings.